The quantitative estimate of drug-likeness (QED) is 0.513. The lowest BCUT2D eigenvalue weighted by molar-refractivity contribution is -0.384. The predicted octanol–water partition coefficient (Wildman–Crippen LogP) is 2.97. The lowest BCUT2D eigenvalue weighted by Crippen LogP contribution is -2.31. The van der Waals surface area contributed by atoms with Gasteiger partial charge in [-0.05, 0) is 24.6 Å². The fourth-order valence-corrected chi connectivity index (χ4v) is 3.62. The number of aromatic nitrogens is 2. The number of non-ortho nitro benzene ring substituents is 1. The lowest BCUT2D eigenvalue weighted by atomic mass is 10.1. The molecule has 0 radical (unpaired) electrons. The normalized spacial score (nSPS) is 14.4. The van der Waals surface area contributed by atoms with Crippen LogP contribution < -0.4 is 9.80 Å². The molecule has 1 aliphatic heterocycles. The van der Waals surface area contributed by atoms with Gasteiger partial charge in [-0.2, -0.15) is 5.26 Å². The van der Waals surface area contributed by atoms with Crippen LogP contribution in [0.4, 0.5) is 23.0 Å². The van der Waals surface area contributed by atoms with E-state index >= 15 is 0 Å². The first-order valence-electron chi connectivity index (χ1n) is 9.29. The number of rotatable bonds is 4. The van der Waals surface area contributed by atoms with Crippen molar-refractivity contribution in [2.24, 2.45) is 0 Å². The van der Waals surface area contributed by atoms with E-state index in [2.05, 4.69) is 9.97 Å². The van der Waals surface area contributed by atoms with Crippen LogP contribution in [-0.2, 0) is 0 Å². The largest absolute Gasteiger partial charge is 0.364 e. The highest BCUT2D eigenvalue weighted by atomic mass is 16.6. The van der Waals surface area contributed by atoms with Crippen molar-refractivity contribution in [2.45, 2.75) is 6.42 Å². The molecular formula is C19H17N7O4. The molecule has 1 saturated heterocycles. The zero-order valence-electron chi connectivity index (χ0n) is 15.8. The molecule has 0 amide bonds. The van der Waals surface area contributed by atoms with Crippen LogP contribution in [-0.4, -0.2) is 46.0 Å². The summed E-state index contributed by atoms with van der Waals surface area (Å²) in [6, 6.07) is 10.9. The van der Waals surface area contributed by atoms with E-state index in [-0.39, 0.29) is 16.9 Å². The smallest absolute Gasteiger partial charge is 0.293 e. The molecule has 0 unspecified atom stereocenters. The molecule has 11 nitrogen and oxygen atoms in total. The van der Waals surface area contributed by atoms with Gasteiger partial charge in [-0.3, -0.25) is 20.2 Å². The van der Waals surface area contributed by atoms with E-state index in [1.807, 2.05) is 15.9 Å². The maximum absolute atomic E-state index is 11.5. The molecule has 11 heteroatoms. The third-order valence-corrected chi connectivity index (χ3v) is 5.10. The van der Waals surface area contributed by atoms with Crippen LogP contribution >= 0.6 is 0 Å². The number of nitriles is 1. The average molecular weight is 407 g/mol. The van der Waals surface area contributed by atoms with Gasteiger partial charge in [0, 0.05) is 44.4 Å². The molecule has 1 aliphatic rings. The number of imidazole rings is 1. The number of hydrogen-bond donors (Lipinski definition) is 1. The van der Waals surface area contributed by atoms with E-state index in [0.29, 0.717) is 48.8 Å². The van der Waals surface area contributed by atoms with Gasteiger partial charge in [0.1, 0.15) is 5.69 Å². The van der Waals surface area contributed by atoms with Crippen LogP contribution in [0.25, 0.3) is 11.0 Å². The van der Waals surface area contributed by atoms with Crippen LogP contribution in [0.5, 0.6) is 0 Å². The number of hydrogen-bond acceptors (Lipinski definition) is 8. The summed E-state index contributed by atoms with van der Waals surface area (Å²) >= 11 is 0. The van der Waals surface area contributed by atoms with Gasteiger partial charge in [0.2, 0.25) is 5.95 Å². The fraction of sp³-hybridized carbons (Fsp3) is 0.263. The monoisotopic (exact) mass is 407 g/mol. The molecule has 2 aromatic carbocycles. The Morgan fingerprint density at radius 3 is 2.50 bits per heavy atom. The van der Waals surface area contributed by atoms with Crippen molar-refractivity contribution in [3.05, 3.63) is 62.2 Å². The Labute approximate surface area is 170 Å². The van der Waals surface area contributed by atoms with Gasteiger partial charge in [-0.25, -0.2) is 4.98 Å². The number of anilines is 2. The summed E-state index contributed by atoms with van der Waals surface area (Å²) in [7, 11) is 0. The van der Waals surface area contributed by atoms with Gasteiger partial charge < -0.3 is 14.8 Å². The Hall–Kier alpha value is -4.20. The average Bonchev–Trinajstić information content (AvgIpc) is 3.01. The number of nitrogens with one attached hydrogen (secondary N) is 1. The van der Waals surface area contributed by atoms with E-state index < -0.39 is 9.85 Å². The number of nitro groups is 2. The van der Waals surface area contributed by atoms with E-state index in [4.69, 9.17) is 5.26 Å². The molecule has 4 rings (SSSR count). The molecule has 3 aromatic rings. The SMILES string of the molecule is N#Cc1ccc(N2CCCN(c3nc4ccc([N+](=O)[O-])cc4[nH]3)CC2)c([N+](=O)[O-])c1. The summed E-state index contributed by atoms with van der Waals surface area (Å²) in [6.45, 7) is 2.40. The molecule has 0 atom stereocenters. The van der Waals surface area contributed by atoms with Crippen molar-refractivity contribution in [1.29, 1.82) is 5.26 Å². The maximum atomic E-state index is 11.5. The Kier molecular flexibility index (Phi) is 4.89. The van der Waals surface area contributed by atoms with Crippen molar-refractivity contribution < 1.29 is 9.85 Å². The number of fused-ring (bicyclic) bond motifs is 1. The third kappa shape index (κ3) is 3.58. The highest BCUT2D eigenvalue weighted by Crippen LogP contribution is 2.30. The molecular weight excluding hydrogens is 390 g/mol. The van der Waals surface area contributed by atoms with Crippen LogP contribution in [0.3, 0.4) is 0 Å². The van der Waals surface area contributed by atoms with Gasteiger partial charge >= 0.3 is 0 Å². The minimum Gasteiger partial charge on any atom is -0.364 e. The van der Waals surface area contributed by atoms with Crippen molar-refractivity contribution in [2.75, 3.05) is 36.0 Å². The van der Waals surface area contributed by atoms with E-state index in [0.717, 1.165) is 6.42 Å². The molecule has 30 heavy (non-hydrogen) atoms. The molecule has 0 bridgehead atoms. The third-order valence-electron chi connectivity index (χ3n) is 5.10. The molecule has 1 N–H and O–H groups in total. The number of H-pyrrole nitrogens is 1. The van der Waals surface area contributed by atoms with Gasteiger partial charge in [-0.15, -0.1) is 0 Å². The second-order valence-corrected chi connectivity index (χ2v) is 6.92. The second-order valence-electron chi connectivity index (χ2n) is 6.92. The van der Waals surface area contributed by atoms with Crippen molar-refractivity contribution >= 4 is 34.0 Å². The first-order valence-corrected chi connectivity index (χ1v) is 9.29. The Morgan fingerprint density at radius 1 is 1.00 bits per heavy atom. The standard InChI is InChI=1S/C19H17N7O4/c20-12-13-2-5-17(18(10-13)26(29)30)23-6-1-7-24(9-8-23)19-21-15-4-3-14(25(27)28)11-16(15)22-19/h2-5,10-11H,1,6-9H2,(H,21,22). The lowest BCUT2D eigenvalue weighted by Gasteiger charge is -2.23. The minimum atomic E-state index is -0.467. The molecule has 0 aliphatic carbocycles. The van der Waals surface area contributed by atoms with Crippen LogP contribution in [0.2, 0.25) is 0 Å². The zero-order valence-corrected chi connectivity index (χ0v) is 15.8. The first-order chi connectivity index (χ1) is 14.5. The van der Waals surface area contributed by atoms with E-state index in [1.165, 1.54) is 18.2 Å². The minimum absolute atomic E-state index is 0.00660. The van der Waals surface area contributed by atoms with Crippen LogP contribution in [0.15, 0.2) is 36.4 Å². The molecule has 1 fully saturated rings. The van der Waals surface area contributed by atoms with Gasteiger partial charge in [0.25, 0.3) is 11.4 Å². The second kappa shape index (κ2) is 7.67. The van der Waals surface area contributed by atoms with Crippen molar-refractivity contribution in [1.82, 2.24) is 9.97 Å². The highest BCUT2D eigenvalue weighted by molar-refractivity contribution is 5.80. The van der Waals surface area contributed by atoms with Gasteiger partial charge in [0.15, 0.2) is 0 Å². The Morgan fingerprint density at radius 2 is 1.77 bits per heavy atom. The Balaban J connectivity index is 1.56. The highest BCUT2D eigenvalue weighted by Gasteiger charge is 2.24. The topological polar surface area (TPSA) is 145 Å². The van der Waals surface area contributed by atoms with Gasteiger partial charge in [-0.1, -0.05) is 0 Å². The summed E-state index contributed by atoms with van der Waals surface area (Å²) in [5, 5.41) is 31.5. The Bertz CT molecular complexity index is 1180. The summed E-state index contributed by atoms with van der Waals surface area (Å²) in [5.41, 5.74) is 1.87. The fourth-order valence-electron chi connectivity index (χ4n) is 3.62. The maximum Gasteiger partial charge on any atom is 0.293 e. The predicted molar refractivity (Wildman–Crippen MR) is 110 cm³/mol. The number of nitrogens with zero attached hydrogens (tertiary/aromatic N) is 6. The molecule has 0 saturated carbocycles. The van der Waals surface area contributed by atoms with Crippen LogP contribution in [0, 0.1) is 31.6 Å². The zero-order chi connectivity index (χ0) is 21.3. The summed E-state index contributed by atoms with van der Waals surface area (Å²) < 4.78 is 0. The summed E-state index contributed by atoms with van der Waals surface area (Å²) in [6.07, 6.45) is 0.744. The summed E-state index contributed by atoms with van der Waals surface area (Å²) in [4.78, 5) is 33.2. The van der Waals surface area contributed by atoms with E-state index in [9.17, 15) is 20.2 Å². The first kappa shape index (κ1) is 19.1. The van der Waals surface area contributed by atoms with Crippen molar-refractivity contribution in [3.8, 4) is 6.07 Å². The number of nitro benzene ring substituents is 2. The number of benzene rings is 2. The molecule has 0 spiro atoms. The van der Waals surface area contributed by atoms with Gasteiger partial charge in [0.05, 0.1) is 32.5 Å². The molecule has 1 aromatic heterocycles. The van der Waals surface area contributed by atoms with E-state index in [1.54, 1.807) is 18.2 Å². The summed E-state index contributed by atoms with van der Waals surface area (Å²) in [5.74, 6) is 0.613. The molecule has 2 heterocycles. The molecule has 152 valence electrons. The van der Waals surface area contributed by atoms with Crippen LogP contribution in [0.1, 0.15) is 12.0 Å². The van der Waals surface area contributed by atoms with Crippen molar-refractivity contribution in [3.63, 3.8) is 0 Å². The number of aromatic amines is 1.